The molecule has 0 aromatic heterocycles. The number of benzene rings is 3. The Labute approximate surface area is 299 Å². The number of hydrogen-bond donors (Lipinski definition) is 0. The van der Waals surface area contributed by atoms with Crippen LogP contribution in [0.25, 0.3) is 0 Å². The Balaban J connectivity index is 1.84. The zero-order valence-corrected chi connectivity index (χ0v) is 32.2. The fraction of sp³-hybridized carbons (Fsp3) is 0.571. The number of unbranched alkanes of at least 4 members (excludes halogenated alkanes) is 6. The van der Waals surface area contributed by atoms with Gasteiger partial charge in [-0.2, -0.15) is 0 Å². The molecule has 0 aliphatic rings. The molecule has 0 spiro atoms. The minimum atomic E-state index is -2.23. The molecule has 272 valence electrons. The summed E-state index contributed by atoms with van der Waals surface area (Å²) in [5, 5.41) is 0. The Bertz CT molecular complexity index is 1170. The van der Waals surface area contributed by atoms with E-state index in [1.165, 1.54) is 16.7 Å². The van der Waals surface area contributed by atoms with E-state index in [-0.39, 0.29) is 0 Å². The van der Waals surface area contributed by atoms with Gasteiger partial charge < -0.3 is 14.7 Å². The molecule has 0 aliphatic carbocycles. The average Bonchev–Trinajstić information content (AvgIpc) is 3.13. The summed E-state index contributed by atoms with van der Waals surface area (Å²) in [7, 11) is -2.23. The molecule has 3 rings (SSSR count). The number of aryl methyl sites for hydroxylation is 6. The maximum atomic E-state index is 5.97. The fourth-order valence-corrected chi connectivity index (χ4v) is 6.19. The highest BCUT2D eigenvalue weighted by molar-refractivity contribution is 7.41. The molecule has 6 nitrogen and oxygen atoms in total. The van der Waals surface area contributed by atoms with Crippen LogP contribution in [-0.2, 0) is 52.5 Å². The van der Waals surface area contributed by atoms with Crippen LogP contribution < -0.4 is 14.7 Å². The first-order valence-corrected chi connectivity index (χ1v) is 20.3. The zero-order chi connectivity index (χ0) is 35.1. The summed E-state index contributed by atoms with van der Waals surface area (Å²) in [6.45, 7) is 13.3. The smallest absolute Gasteiger partial charge is 0.329 e. The van der Waals surface area contributed by atoms with E-state index in [2.05, 4.69) is 77.9 Å². The summed E-state index contributed by atoms with van der Waals surface area (Å²) in [6.07, 6.45) is 19.3. The second kappa shape index (κ2) is 24.5. The standard InChI is InChI=1S/C42H63O6P/c1-7-13-19-34-25-28-40(37(31-34)22-16-10-4)43-46-49(47-44-41-29-26-35(20-14-8-2)32-38(41)23-17-11-5)48-45-42-30-27-36(21-15-9-3)33-39(42)24-18-12-6/h25-33H,7-24H2,1-6H3. The van der Waals surface area contributed by atoms with Crippen LogP contribution in [-0.4, -0.2) is 0 Å². The molecule has 0 aliphatic heterocycles. The maximum Gasteiger partial charge on any atom is 0.455 e. The van der Waals surface area contributed by atoms with Crippen LogP contribution in [0.4, 0.5) is 0 Å². The lowest BCUT2D eigenvalue weighted by Crippen LogP contribution is -2.07. The quantitative estimate of drug-likeness (QED) is 0.0450. The second-order valence-corrected chi connectivity index (χ2v) is 14.0. The predicted octanol–water partition coefficient (Wildman–Crippen LogP) is 13.3. The molecule has 0 fully saturated rings. The van der Waals surface area contributed by atoms with Gasteiger partial charge in [0.05, 0.1) is 0 Å². The van der Waals surface area contributed by atoms with E-state index in [9.17, 15) is 0 Å². The van der Waals surface area contributed by atoms with Gasteiger partial charge in [-0.1, -0.05) is 130 Å². The lowest BCUT2D eigenvalue weighted by molar-refractivity contribution is -0.220. The average molecular weight is 695 g/mol. The number of hydrogen-bond acceptors (Lipinski definition) is 6. The predicted molar refractivity (Wildman–Crippen MR) is 203 cm³/mol. The van der Waals surface area contributed by atoms with Gasteiger partial charge in [-0.3, -0.25) is 0 Å². The molecule has 0 bridgehead atoms. The van der Waals surface area contributed by atoms with Gasteiger partial charge in [-0.25, -0.2) is 0 Å². The summed E-state index contributed by atoms with van der Waals surface area (Å²) in [6, 6.07) is 19.0. The Kier molecular flexibility index (Phi) is 20.4. The first-order valence-electron chi connectivity index (χ1n) is 19.2. The Hall–Kier alpha value is -2.63. The van der Waals surface area contributed by atoms with Crippen molar-refractivity contribution in [1.29, 1.82) is 0 Å². The Morgan fingerprint density at radius 2 is 0.633 bits per heavy atom. The van der Waals surface area contributed by atoms with E-state index >= 15 is 0 Å². The van der Waals surface area contributed by atoms with Crippen molar-refractivity contribution in [1.82, 2.24) is 0 Å². The molecular weight excluding hydrogens is 631 g/mol. The molecule has 0 N–H and O–H groups in total. The van der Waals surface area contributed by atoms with Crippen LogP contribution in [0.15, 0.2) is 54.6 Å². The maximum absolute atomic E-state index is 5.97. The highest BCUT2D eigenvalue weighted by atomic mass is 31.2. The number of rotatable bonds is 27. The van der Waals surface area contributed by atoms with Crippen LogP contribution >= 0.6 is 8.60 Å². The van der Waals surface area contributed by atoms with Crippen molar-refractivity contribution >= 4 is 8.60 Å². The van der Waals surface area contributed by atoms with Crippen molar-refractivity contribution in [3.8, 4) is 17.2 Å². The third-order valence-corrected chi connectivity index (χ3v) is 9.38. The Morgan fingerprint density at radius 1 is 0.367 bits per heavy atom. The normalized spacial score (nSPS) is 11.3. The molecule has 0 amide bonds. The van der Waals surface area contributed by atoms with E-state index in [4.69, 9.17) is 28.7 Å². The molecule has 0 atom stereocenters. The fourth-order valence-electron chi connectivity index (χ4n) is 5.69. The van der Waals surface area contributed by atoms with Gasteiger partial charge in [-0.05, 0) is 129 Å². The molecule has 7 heteroatoms. The molecule has 0 unspecified atom stereocenters. The molecule has 0 heterocycles. The Morgan fingerprint density at radius 3 is 0.898 bits per heavy atom. The zero-order valence-electron chi connectivity index (χ0n) is 31.3. The largest absolute Gasteiger partial charge is 0.455 e. The van der Waals surface area contributed by atoms with Gasteiger partial charge in [0.2, 0.25) is 0 Å². The van der Waals surface area contributed by atoms with Crippen molar-refractivity contribution in [2.45, 2.75) is 157 Å². The monoisotopic (exact) mass is 694 g/mol. The molecule has 0 saturated heterocycles. The summed E-state index contributed by atoms with van der Waals surface area (Å²) in [5.41, 5.74) is 7.27. The molecule has 0 radical (unpaired) electrons. The topological polar surface area (TPSA) is 55.4 Å². The highest BCUT2D eigenvalue weighted by Gasteiger charge is 2.24. The highest BCUT2D eigenvalue weighted by Crippen LogP contribution is 2.43. The van der Waals surface area contributed by atoms with Crippen molar-refractivity contribution in [2.24, 2.45) is 0 Å². The van der Waals surface area contributed by atoms with Gasteiger partial charge in [-0.15, -0.1) is 0 Å². The first-order chi connectivity index (χ1) is 24.0. The summed E-state index contributed by atoms with van der Waals surface area (Å²) < 4.78 is 17.6. The second-order valence-electron chi connectivity index (χ2n) is 13.1. The van der Waals surface area contributed by atoms with E-state index in [1.54, 1.807) is 0 Å². The van der Waals surface area contributed by atoms with Gasteiger partial charge >= 0.3 is 8.60 Å². The lowest BCUT2D eigenvalue weighted by atomic mass is 10.0. The minimum Gasteiger partial charge on any atom is -0.329 e. The van der Waals surface area contributed by atoms with Crippen molar-refractivity contribution < 1.29 is 28.7 Å². The molecule has 0 saturated carbocycles. The van der Waals surface area contributed by atoms with Gasteiger partial charge in [0, 0.05) is 0 Å². The van der Waals surface area contributed by atoms with E-state index < -0.39 is 8.60 Å². The summed E-state index contributed by atoms with van der Waals surface area (Å²) >= 11 is 0. The van der Waals surface area contributed by atoms with Gasteiger partial charge in [0.25, 0.3) is 0 Å². The molecule has 3 aromatic carbocycles. The van der Waals surface area contributed by atoms with E-state index in [1.807, 2.05) is 18.2 Å². The minimum absolute atomic E-state index is 0.654. The van der Waals surface area contributed by atoms with E-state index in [0.29, 0.717) is 17.2 Å². The molecule has 3 aromatic rings. The van der Waals surface area contributed by atoms with Crippen LogP contribution in [0.2, 0.25) is 0 Å². The molecule has 49 heavy (non-hydrogen) atoms. The van der Waals surface area contributed by atoms with Crippen molar-refractivity contribution in [2.75, 3.05) is 0 Å². The van der Waals surface area contributed by atoms with Crippen LogP contribution in [0.1, 0.15) is 152 Å². The van der Waals surface area contributed by atoms with Crippen molar-refractivity contribution in [3.63, 3.8) is 0 Å². The summed E-state index contributed by atoms with van der Waals surface area (Å²) in [4.78, 5) is 17.9. The summed E-state index contributed by atoms with van der Waals surface area (Å²) in [5.74, 6) is 1.96. The SMILES string of the molecule is CCCCc1ccc(OOP(OOc2ccc(CCCC)cc2CCCC)OOc2ccc(CCCC)cc2CCCC)c(CCCC)c1. The third kappa shape index (κ3) is 15.0. The van der Waals surface area contributed by atoms with Crippen LogP contribution in [0.5, 0.6) is 17.2 Å². The first kappa shape index (κ1) is 40.8. The lowest BCUT2D eigenvalue weighted by Gasteiger charge is -2.18. The molecular formula is C42H63O6P. The van der Waals surface area contributed by atoms with E-state index in [0.717, 1.165) is 132 Å². The third-order valence-electron chi connectivity index (χ3n) is 8.79. The van der Waals surface area contributed by atoms with Crippen molar-refractivity contribution in [3.05, 3.63) is 88.0 Å². The van der Waals surface area contributed by atoms with Crippen LogP contribution in [0.3, 0.4) is 0 Å². The van der Waals surface area contributed by atoms with Gasteiger partial charge in [0.15, 0.2) is 17.2 Å². The van der Waals surface area contributed by atoms with Crippen LogP contribution in [0, 0.1) is 0 Å². The van der Waals surface area contributed by atoms with Gasteiger partial charge in [0.1, 0.15) is 0 Å².